The van der Waals surface area contributed by atoms with Gasteiger partial charge in [-0.05, 0) is 90.9 Å². The monoisotopic (exact) mass is 618 g/mol. The summed E-state index contributed by atoms with van der Waals surface area (Å²) in [6.07, 6.45) is 3.85. The van der Waals surface area contributed by atoms with Crippen molar-refractivity contribution in [1.29, 1.82) is 0 Å². The molecular weight excluding hydrogens is 568 g/mol. The Morgan fingerprint density at radius 3 is 1.30 bits per heavy atom. The number of allylic oxidation sites excluding steroid dienone is 1. The van der Waals surface area contributed by atoms with E-state index in [1.54, 1.807) is 41.5 Å². The van der Waals surface area contributed by atoms with Crippen LogP contribution in [0, 0.1) is 10.8 Å². The van der Waals surface area contributed by atoms with Gasteiger partial charge in [0.25, 0.3) is 0 Å². The van der Waals surface area contributed by atoms with E-state index in [1.165, 1.54) is 0 Å². The summed E-state index contributed by atoms with van der Waals surface area (Å²) in [7, 11) is 0. The van der Waals surface area contributed by atoms with Crippen molar-refractivity contribution in [2.45, 2.75) is 117 Å². The zero-order valence-corrected chi connectivity index (χ0v) is 26.2. The molecule has 248 valence electrons. The number of hydrogen-bond donors (Lipinski definition) is 6. The smallest absolute Gasteiger partial charge is 0.407 e. The van der Waals surface area contributed by atoms with Gasteiger partial charge in [0, 0.05) is 25.9 Å². The quantitative estimate of drug-likeness (QED) is 0.118. The first kappa shape index (κ1) is 39.8. The van der Waals surface area contributed by atoms with E-state index in [-0.39, 0.29) is 30.6 Å². The lowest BCUT2D eigenvalue weighted by atomic mass is 9.70. The van der Waals surface area contributed by atoms with E-state index in [2.05, 4.69) is 22.3 Å². The summed E-state index contributed by atoms with van der Waals surface area (Å²) in [5, 5.41) is 39.0. The number of ether oxygens (including phenoxy) is 2. The van der Waals surface area contributed by atoms with Crippen LogP contribution in [0.4, 0.5) is 9.59 Å². The van der Waals surface area contributed by atoms with Crippen LogP contribution in [0.5, 0.6) is 0 Å². The summed E-state index contributed by atoms with van der Waals surface area (Å²) < 4.78 is 10.3. The molecule has 0 bridgehead atoms. The Labute approximate surface area is 253 Å². The molecular formula is C29H50N2O12. The Hall–Kier alpha value is -3.23. The zero-order valence-electron chi connectivity index (χ0n) is 26.2. The predicted molar refractivity (Wildman–Crippen MR) is 155 cm³/mol. The van der Waals surface area contributed by atoms with E-state index in [0.717, 1.165) is 31.3 Å². The van der Waals surface area contributed by atoms with Gasteiger partial charge in [-0.15, -0.1) is 0 Å². The molecule has 43 heavy (non-hydrogen) atoms. The molecule has 0 saturated heterocycles. The van der Waals surface area contributed by atoms with Gasteiger partial charge in [0.1, 0.15) is 17.0 Å². The SMILES string of the molecule is C=C1CCC(CNC(=O)OC(C)(C)C)(CC(=O)O)CC1.CC(C)(C)OC(=O)NCC1(CC(=O)O)CCC(=O)CC1.OOO. The van der Waals surface area contributed by atoms with E-state index >= 15 is 0 Å². The van der Waals surface area contributed by atoms with Crippen LogP contribution >= 0.6 is 0 Å². The second-order valence-corrected chi connectivity index (χ2v) is 13.2. The van der Waals surface area contributed by atoms with E-state index in [9.17, 15) is 24.0 Å². The molecule has 0 unspecified atom stereocenters. The molecule has 14 heteroatoms. The first-order valence-corrected chi connectivity index (χ1v) is 14.2. The van der Waals surface area contributed by atoms with Crippen molar-refractivity contribution in [3.8, 4) is 0 Å². The minimum atomic E-state index is -0.912. The minimum absolute atomic E-state index is 0.0456. The Kier molecular flexibility index (Phi) is 16.4. The van der Waals surface area contributed by atoms with Crippen molar-refractivity contribution in [1.82, 2.24) is 10.6 Å². The van der Waals surface area contributed by atoms with E-state index in [1.807, 2.05) is 0 Å². The highest BCUT2D eigenvalue weighted by molar-refractivity contribution is 5.80. The van der Waals surface area contributed by atoms with Crippen LogP contribution in [0.15, 0.2) is 12.2 Å². The second-order valence-electron chi connectivity index (χ2n) is 13.2. The number of carbonyl (C=O) groups is 5. The standard InChI is InChI=1S/C15H25NO4.C14H23NO5.H2O3/c1-11-5-7-15(8-6-11,9-12(17)18)10-16-13(19)20-14(2,3)4;1-13(2,3)20-12(19)15-9-14(8-11(17)18)6-4-10(16)5-7-14;1-3-2/h1,5-10H2,2-4H3,(H,16,19)(H,17,18);4-9H2,1-3H3,(H,15,19)(H,17,18);1-2H. The maximum Gasteiger partial charge on any atom is 0.407 e. The van der Waals surface area contributed by atoms with Crippen molar-refractivity contribution in [3.63, 3.8) is 0 Å². The number of ketones is 1. The Balaban J connectivity index is 0.000000751. The summed E-state index contributed by atoms with van der Waals surface area (Å²) in [5.74, 6) is -1.59. The average Bonchev–Trinajstić information content (AvgIpc) is 2.83. The Morgan fingerprint density at radius 2 is 1.02 bits per heavy atom. The van der Waals surface area contributed by atoms with Gasteiger partial charge >= 0.3 is 24.1 Å². The zero-order chi connectivity index (χ0) is 33.5. The lowest BCUT2D eigenvalue weighted by Crippen LogP contribution is -2.43. The fourth-order valence-electron chi connectivity index (χ4n) is 4.81. The maximum atomic E-state index is 11.7. The number of hydrogen-bond acceptors (Lipinski definition) is 10. The molecule has 2 rings (SSSR count). The highest BCUT2D eigenvalue weighted by Gasteiger charge is 2.38. The molecule has 0 atom stereocenters. The highest BCUT2D eigenvalue weighted by Crippen LogP contribution is 2.40. The van der Waals surface area contributed by atoms with Crippen LogP contribution in [0.2, 0.25) is 0 Å². The molecule has 0 aromatic carbocycles. The van der Waals surface area contributed by atoms with Crippen LogP contribution in [0.25, 0.3) is 0 Å². The number of amides is 2. The van der Waals surface area contributed by atoms with Crippen LogP contribution < -0.4 is 10.6 Å². The van der Waals surface area contributed by atoms with Crippen molar-refractivity contribution in [2.24, 2.45) is 10.8 Å². The molecule has 2 amide bonds. The van der Waals surface area contributed by atoms with E-state index in [0.29, 0.717) is 32.2 Å². The number of Topliss-reactive ketones (excluding diaryl/α,β-unsaturated/α-hetero) is 1. The molecule has 0 radical (unpaired) electrons. The van der Waals surface area contributed by atoms with Gasteiger partial charge in [-0.2, -0.15) is 0 Å². The first-order chi connectivity index (χ1) is 19.7. The third-order valence-corrected chi connectivity index (χ3v) is 6.95. The molecule has 2 fully saturated rings. The van der Waals surface area contributed by atoms with Gasteiger partial charge in [-0.3, -0.25) is 14.4 Å². The van der Waals surface area contributed by atoms with Gasteiger partial charge in [0.15, 0.2) is 0 Å². The largest absolute Gasteiger partial charge is 0.481 e. The molecule has 2 saturated carbocycles. The molecule has 14 nitrogen and oxygen atoms in total. The number of nitrogens with one attached hydrogen (secondary N) is 2. The highest BCUT2D eigenvalue weighted by atomic mass is 17.4. The number of alkyl carbamates (subject to hydrolysis) is 2. The van der Waals surface area contributed by atoms with Crippen molar-refractivity contribution in [3.05, 3.63) is 12.2 Å². The number of carbonyl (C=O) groups excluding carboxylic acids is 3. The Morgan fingerprint density at radius 1 is 0.721 bits per heavy atom. The van der Waals surface area contributed by atoms with Gasteiger partial charge < -0.3 is 30.3 Å². The third kappa shape index (κ3) is 18.8. The summed E-state index contributed by atoms with van der Waals surface area (Å²) in [5.41, 5.74) is -0.916. The lowest BCUT2D eigenvalue weighted by Gasteiger charge is -2.37. The summed E-state index contributed by atoms with van der Waals surface area (Å²) in [4.78, 5) is 56.7. The molecule has 0 aliphatic heterocycles. The fraction of sp³-hybridized carbons (Fsp3) is 0.759. The van der Waals surface area contributed by atoms with E-state index in [4.69, 9.17) is 30.2 Å². The summed E-state index contributed by atoms with van der Waals surface area (Å²) in [6, 6.07) is 0. The maximum absolute atomic E-state index is 11.7. The van der Waals surface area contributed by atoms with Crippen LogP contribution in [0.1, 0.15) is 106 Å². The molecule has 0 aromatic heterocycles. The average molecular weight is 619 g/mol. The first-order valence-electron chi connectivity index (χ1n) is 14.2. The number of rotatable bonds is 8. The Bertz CT molecular complexity index is 869. The molecule has 0 aromatic rings. The van der Waals surface area contributed by atoms with Gasteiger partial charge in [0.2, 0.25) is 0 Å². The number of carboxylic acid groups (broad SMARTS) is 2. The molecule has 2 aliphatic carbocycles. The predicted octanol–water partition coefficient (Wildman–Crippen LogP) is 5.17. The third-order valence-electron chi connectivity index (χ3n) is 6.95. The molecule has 2 aliphatic rings. The lowest BCUT2D eigenvalue weighted by molar-refractivity contribution is -0.465. The van der Waals surface area contributed by atoms with Crippen molar-refractivity contribution >= 4 is 29.9 Å². The second kappa shape index (κ2) is 17.8. The van der Waals surface area contributed by atoms with Crippen LogP contribution in [-0.4, -0.2) is 74.9 Å². The molecule has 0 spiro atoms. The molecule has 0 heterocycles. The van der Waals surface area contributed by atoms with Crippen molar-refractivity contribution in [2.75, 3.05) is 13.1 Å². The van der Waals surface area contributed by atoms with Crippen LogP contribution in [-0.2, 0) is 28.9 Å². The van der Waals surface area contributed by atoms with Gasteiger partial charge in [0.05, 0.1) is 12.8 Å². The fourth-order valence-corrected chi connectivity index (χ4v) is 4.81. The topological polar surface area (TPSA) is 218 Å². The van der Waals surface area contributed by atoms with E-state index < -0.39 is 40.7 Å². The summed E-state index contributed by atoms with van der Waals surface area (Å²) in [6.45, 7) is 15.2. The number of carboxylic acids is 2. The van der Waals surface area contributed by atoms with Crippen LogP contribution in [0.3, 0.4) is 0 Å². The summed E-state index contributed by atoms with van der Waals surface area (Å²) >= 11 is 0. The normalized spacial score (nSPS) is 17.6. The molecule has 6 N–H and O–H groups in total. The minimum Gasteiger partial charge on any atom is -0.481 e. The van der Waals surface area contributed by atoms with Gasteiger partial charge in [-0.25, -0.2) is 20.1 Å². The number of aliphatic carboxylic acids is 2. The van der Waals surface area contributed by atoms with Gasteiger partial charge in [-0.1, -0.05) is 17.2 Å². The van der Waals surface area contributed by atoms with Crippen molar-refractivity contribution < 1.29 is 59.2 Å².